The van der Waals surface area contributed by atoms with E-state index in [2.05, 4.69) is 20.4 Å². The summed E-state index contributed by atoms with van der Waals surface area (Å²) < 4.78 is 6.07. The first kappa shape index (κ1) is 10.4. The summed E-state index contributed by atoms with van der Waals surface area (Å²) in [5, 5.41) is 16.5. The van der Waals surface area contributed by atoms with Crippen molar-refractivity contribution in [2.75, 3.05) is 0 Å². The van der Waals surface area contributed by atoms with Gasteiger partial charge >= 0.3 is 11.6 Å². The fourth-order valence-corrected chi connectivity index (χ4v) is 1.80. The number of nitrogens with one attached hydrogen (secondary N) is 2. The van der Waals surface area contributed by atoms with Crippen molar-refractivity contribution in [3.05, 3.63) is 15.9 Å². The molecule has 0 bridgehead atoms. The summed E-state index contributed by atoms with van der Waals surface area (Å²) in [7, 11) is 3.35. The molecule has 0 aliphatic carbocycles. The number of aromatic amines is 2. The molecule has 0 aliphatic rings. The zero-order chi connectivity index (χ0) is 13.0. The van der Waals surface area contributed by atoms with Crippen LogP contribution in [0.4, 0.5) is 5.95 Å². The summed E-state index contributed by atoms with van der Waals surface area (Å²) in [6.45, 7) is 1.83. The lowest BCUT2D eigenvalue weighted by Crippen LogP contribution is -2.13. The van der Waals surface area contributed by atoms with E-state index in [-0.39, 0.29) is 5.95 Å². The fourth-order valence-electron chi connectivity index (χ4n) is 1.80. The van der Waals surface area contributed by atoms with E-state index < -0.39 is 4.92 Å². The topological polar surface area (TPSA) is 119 Å². The Balaban J connectivity index is 2.51. The van der Waals surface area contributed by atoms with E-state index in [9.17, 15) is 10.1 Å². The Bertz CT molecular complexity index is 800. The molecule has 96 valence electrons. The number of fused-ring (bicyclic) bond motifs is 3. The molecule has 0 atom stereocenters. The van der Waals surface area contributed by atoms with Gasteiger partial charge in [0.25, 0.3) is 0 Å². The Morgan fingerprint density at radius 3 is 2.28 bits per heavy atom. The highest BCUT2D eigenvalue weighted by atomic mass is 16.6. The minimum atomic E-state index is -0.548. The minimum absolute atomic E-state index is 0.268. The van der Waals surface area contributed by atoms with E-state index in [0.29, 0.717) is 11.3 Å². The maximum absolute atomic E-state index is 10.9. The van der Waals surface area contributed by atoms with E-state index in [4.69, 9.17) is 0 Å². The lowest BCUT2D eigenvalue weighted by Gasteiger charge is -2.01. The Kier molecular flexibility index (Phi) is 1.83. The summed E-state index contributed by atoms with van der Waals surface area (Å²) in [5.74, 6) is 0.483. The smallest absolute Gasteiger partial charge is 0.390 e. The van der Waals surface area contributed by atoms with Crippen LogP contribution in [0.5, 0.6) is 0 Å². The van der Waals surface area contributed by atoms with Crippen LogP contribution in [0, 0.1) is 17.0 Å². The quantitative estimate of drug-likeness (QED) is 0.455. The second kappa shape index (κ2) is 3.15. The van der Waals surface area contributed by atoms with Gasteiger partial charge in [0.1, 0.15) is 5.82 Å². The van der Waals surface area contributed by atoms with Gasteiger partial charge in [0.05, 0.1) is 7.05 Å². The molecule has 0 aliphatic heterocycles. The third-order valence-corrected chi connectivity index (χ3v) is 2.86. The van der Waals surface area contributed by atoms with Crippen molar-refractivity contribution in [1.82, 2.24) is 39.0 Å². The standard InChI is InChI=1S/C7H11N9O2/c1-4-8-5-6-9-7(16(17)18)13(3)15(6)11-10-14(5)12(4)2/h10-11H,1-3H3. The van der Waals surface area contributed by atoms with Crippen LogP contribution in [-0.4, -0.2) is 43.9 Å². The first-order valence-corrected chi connectivity index (χ1v) is 5.12. The second-order valence-corrected chi connectivity index (χ2v) is 3.87. The summed E-state index contributed by atoms with van der Waals surface area (Å²) in [6, 6.07) is 0. The monoisotopic (exact) mass is 253 g/mol. The molecule has 3 heterocycles. The molecule has 0 radical (unpaired) electrons. The van der Waals surface area contributed by atoms with Crippen molar-refractivity contribution >= 4 is 17.2 Å². The molecule has 11 nitrogen and oxygen atoms in total. The first-order chi connectivity index (χ1) is 8.50. The first-order valence-electron chi connectivity index (χ1n) is 5.12. The highest BCUT2D eigenvalue weighted by Gasteiger charge is 2.22. The van der Waals surface area contributed by atoms with E-state index >= 15 is 0 Å². The van der Waals surface area contributed by atoms with Gasteiger partial charge < -0.3 is 10.1 Å². The van der Waals surface area contributed by atoms with E-state index in [0.717, 1.165) is 5.82 Å². The van der Waals surface area contributed by atoms with Crippen LogP contribution in [0.3, 0.4) is 0 Å². The maximum Gasteiger partial charge on any atom is 0.456 e. The predicted molar refractivity (Wildman–Crippen MR) is 59.6 cm³/mol. The van der Waals surface area contributed by atoms with Crippen LogP contribution in [0.1, 0.15) is 5.82 Å². The largest absolute Gasteiger partial charge is 0.456 e. The number of nitro groups is 1. The highest BCUT2D eigenvalue weighted by Crippen LogP contribution is 2.13. The molecule has 0 fully saturated rings. The van der Waals surface area contributed by atoms with Crippen LogP contribution in [0.2, 0.25) is 0 Å². The Morgan fingerprint density at radius 1 is 1.11 bits per heavy atom. The number of aromatic nitrogens is 8. The molecule has 3 rings (SSSR count). The van der Waals surface area contributed by atoms with E-state index in [1.54, 1.807) is 9.31 Å². The molecule has 3 aromatic heterocycles. The van der Waals surface area contributed by atoms with Crippen LogP contribution in [0.25, 0.3) is 11.3 Å². The summed E-state index contributed by atoms with van der Waals surface area (Å²) >= 11 is 0. The molecule has 0 aromatic carbocycles. The molecule has 0 saturated carbocycles. The highest BCUT2D eigenvalue weighted by molar-refractivity contribution is 5.64. The Hall–Kier alpha value is -2.72. The van der Waals surface area contributed by atoms with Crippen molar-refractivity contribution in [2.45, 2.75) is 6.92 Å². The Labute approximate surface area is 99.0 Å². The van der Waals surface area contributed by atoms with Gasteiger partial charge in [-0.25, -0.2) is 10.2 Å². The Morgan fingerprint density at radius 2 is 1.67 bits per heavy atom. The summed E-state index contributed by atoms with van der Waals surface area (Å²) in [4.78, 5) is 18.6. The van der Waals surface area contributed by atoms with E-state index in [1.807, 2.05) is 14.0 Å². The van der Waals surface area contributed by atoms with Crippen molar-refractivity contribution in [3.8, 4) is 0 Å². The van der Waals surface area contributed by atoms with Crippen LogP contribution in [-0.2, 0) is 14.1 Å². The van der Waals surface area contributed by atoms with Gasteiger partial charge in [-0.1, -0.05) is 4.63 Å². The average molecular weight is 253 g/mol. The summed E-state index contributed by atoms with van der Waals surface area (Å²) in [6.07, 6.45) is 0. The van der Waals surface area contributed by atoms with Crippen LogP contribution < -0.4 is 0 Å². The molecule has 18 heavy (non-hydrogen) atoms. The van der Waals surface area contributed by atoms with Crippen molar-refractivity contribution in [2.24, 2.45) is 14.1 Å². The molecular formula is C7H11N9O2. The van der Waals surface area contributed by atoms with Gasteiger partial charge in [-0.15, -0.1) is 4.68 Å². The molecular weight excluding hydrogens is 242 g/mol. The molecule has 0 amide bonds. The number of nitrogens with zero attached hydrogens (tertiary/aromatic N) is 7. The third kappa shape index (κ3) is 1.12. The van der Waals surface area contributed by atoms with E-state index in [1.165, 1.54) is 16.4 Å². The van der Waals surface area contributed by atoms with Gasteiger partial charge in [0.2, 0.25) is 5.65 Å². The number of hydrogen-bond donors (Lipinski definition) is 2. The summed E-state index contributed by atoms with van der Waals surface area (Å²) in [5.41, 5.74) is 0.865. The minimum Gasteiger partial charge on any atom is -0.390 e. The van der Waals surface area contributed by atoms with Gasteiger partial charge in [0.15, 0.2) is 0 Å². The van der Waals surface area contributed by atoms with Gasteiger partial charge in [-0.3, -0.25) is 4.68 Å². The lowest BCUT2D eigenvalue weighted by atomic mass is 10.7. The zero-order valence-corrected chi connectivity index (χ0v) is 9.95. The fraction of sp³-hybridized carbons (Fsp3) is 0.429. The normalized spacial score (nSPS) is 11.5. The maximum atomic E-state index is 10.9. The molecule has 0 saturated heterocycles. The van der Waals surface area contributed by atoms with Gasteiger partial charge in [-0.2, -0.15) is 9.84 Å². The average Bonchev–Trinajstić information content (AvgIpc) is 2.80. The zero-order valence-electron chi connectivity index (χ0n) is 9.95. The number of H-pyrrole nitrogens is 2. The van der Waals surface area contributed by atoms with Gasteiger partial charge in [0, 0.05) is 7.05 Å². The number of hydrogen-bond acceptors (Lipinski definition) is 4. The van der Waals surface area contributed by atoms with Crippen LogP contribution in [0.15, 0.2) is 0 Å². The van der Waals surface area contributed by atoms with Crippen molar-refractivity contribution < 1.29 is 4.92 Å². The SMILES string of the molecule is Cc1nc2c3nc([N+](=O)[O-])n(C)n3[nH][nH]n2n1C. The molecule has 0 spiro atoms. The number of aryl methyl sites for hydroxylation is 3. The second-order valence-electron chi connectivity index (χ2n) is 3.87. The van der Waals surface area contributed by atoms with Gasteiger partial charge in [-0.05, 0) is 16.8 Å². The number of rotatable bonds is 1. The van der Waals surface area contributed by atoms with Crippen molar-refractivity contribution in [1.29, 1.82) is 0 Å². The third-order valence-electron chi connectivity index (χ3n) is 2.86. The molecule has 11 heteroatoms. The molecule has 3 aromatic rings. The lowest BCUT2D eigenvalue weighted by molar-refractivity contribution is -0.397. The predicted octanol–water partition coefficient (Wildman–Crippen LogP) is -0.344. The van der Waals surface area contributed by atoms with Crippen LogP contribution >= 0.6 is 0 Å². The van der Waals surface area contributed by atoms with Crippen molar-refractivity contribution in [3.63, 3.8) is 0 Å². The molecule has 0 unspecified atom stereocenters. The molecule has 2 N–H and O–H groups in total.